The van der Waals surface area contributed by atoms with Gasteiger partial charge in [0.2, 0.25) is 10.0 Å². The highest BCUT2D eigenvalue weighted by Gasteiger charge is 2.32. The van der Waals surface area contributed by atoms with Gasteiger partial charge in [-0.05, 0) is 37.6 Å². The lowest BCUT2D eigenvalue weighted by Crippen LogP contribution is -2.50. The third kappa shape index (κ3) is 3.85. The molecule has 1 aliphatic rings. The van der Waals surface area contributed by atoms with E-state index in [1.165, 1.54) is 21.9 Å². The molecule has 0 bridgehead atoms. The highest BCUT2D eigenvalue weighted by molar-refractivity contribution is 7.89. The van der Waals surface area contributed by atoms with Gasteiger partial charge in [0.25, 0.3) is 5.91 Å². The fourth-order valence-electron chi connectivity index (χ4n) is 3.36. The van der Waals surface area contributed by atoms with Gasteiger partial charge in [-0.15, -0.1) is 11.3 Å². The molecule has 9 heteroatoms. The van der Waals surface area contributed by atoms with Gasteiger partial charge in [0.1, 0.15) is 0 Å². The Bertz CT molecular complexity index is 1130. The van der Waals surface area contributed by atoms with Crippen LogP contribution in [0.3, 0.4) is 0 Å². The Morgan fingerprint density at radius 1 is 1.14 bits per heavy atom. The van der Waals surface area contributed by atoms with Crippen molar-refractivity contribution in [3.8, 4) is 11.3 Å². The monoisotopic (exact) mass is 431 g/mol. The van der Waals surface area contributed by atoms with Crippen LogP contribution < -0.4 is 0 Å². The van der Waals surface area contributed by atoms with Crippen molar-refractivity contribution in [3.05, 3.63) is 58.3 Å². The van der Waals surface area contributed by atoms with Gasteiger partial charge in [-0.25, -0.2) is 13.4 Å². The molecule has 3 heterocycles. The molecular weight excluding hydrogens is 410 g/mol. The molecule has 0 N–H and O–H groups in total. The number of carbonyl (C=O) groups is 1. The number of benzene rings is 1. The number of piperazine rings is 1. The van der Waals surface area contributed by atoms with E-state index in [9.17, 15) is 13.2 Å². The number of thiazole rings is 1. The lowest BCUT2D eigenvalue weighted by atomic mass is 10.1. The van der Waals surface area contributed by atoms with Crippen LogP contribution in [-0.2, 0) is 10.0 Å². The zero-order valence-electron chi connectivity index (χ0n) is 16.2. The van der Waals surface area contributed by atoms with Gasteiger partial charge in [0, 0.05) is 37.1 Å². The fraction of sp³-hybridized carbons (Fsp3) is 0.300. The van der Waals surface area contributed by atoms with Crippen molar-refractivity contribution in [3.63, 3.8) is 0 Å². The molecule has 1 aromatic carbocycles. The first-order chi connectivity index (χ1) is 13.9. The second-order valence-electron chi connectivity index (χ2n) is 6.91. The molecule has 0 atom stereocenters. The second kappa shape index (κ2) is 7.74. The summed E-state index contributed by atoms with van der Waals surface area (Å²) in [5, 5.41) is 2.86. The zero-order chi connectivity index (χ0) is 20.6. The first-order valence-corrected chi connectivity index (χ1v) is 11.5. The molecule has 152 valence electrons. The summed E-state index contributed by atoms with van der Waals surface area (Å²) in [5.74, 6) is 0.0486. The maximum absolute atomic E-state index is 13.3. The Balaban J connectivity index is 1.54. The van der Waals surface area contributed by atoms with E-state index in [-0.39, 0.29) is 29.7 Å². The average Bonchev–Trinajstić information content (AvgIpc) is 3.40. The molecule has 4 rings (SSSR count). The van der Waals surface area contributed by atoms with E-state index in [1.54, 1.807) is 30.0 Å². The topological polar surface area (TPSA) is 83.7 Å². The highest BCUT2D eigenvalue weighted by Crippen LogP contribution is 2.28. The van der Waals surface area contributed by atoms with Crippen LogP contribution in [0.5, 0.6) is 0 Å². The Kier molecular flexibility index (Phi) is 5.28. The average molecular weight is 432 g/mol. The number of sulfonamides is 1. The fourth-order valence-corrected chi connectivity index (χ4v) is 5.66. The highest BCUT2D eigenvalue weighted by atomic mass is 32.2. The summed E-state index contributed by atoms with van der Waals surface area (Å²) in [5.41, 5.74) is 2.25. The summed E-state index contributed by atoms with van der Waals surface area (Å²) in [7, 11) is -3.67. The number of rotatable bonds is 4. The Hall–Kier alpha value is -2.49. The van der Waals surface area contributed by atoms with Gasteiger partial charge in [-0.3, -0.25) is 4.79 Å². The number of carbonyl (C=O) groups excluding carboxylic acids is 1. The molecular formula is C20H21N3O4S2. The second-order valence-corrected chi connectivity index (χ2v) is 9.87. The number of hydrogen-bond acceptors (Lipinski definition) is 6. The van der Waals surface area contributed by atoms with E-state index >= 15 is 0 Å². The van der Waals surface area contributed by atoms with Crippen molar-refractivity contribution in [2.75, 3.05) is 26.2 Å². The van der Waals surface area contributed by atoms with Crippen LogP contribution in [0.1, 0.15) is 21.1 Å². The summed E-state index contributed by atoms with van der Waals surface area (Å²) in [6.45, 7) is 4.84. The summed E-state index contributed by atoms with van der Waals surface area (Å²) in [4.78, 5) is 18.8. The molecule has 0 spiro atoms. The Morgan fingerprint density at radius 2 is 1.90 bits per heavy atom. The molecule has 3 aromatic rings. The predicted molar refractivity (Wildman–Crippen MR) is 110 cm³/mol. The molecule has 0 saturated carbocycles. The van der Waals surface area contributed by atoms with Crippen LogP contribution in [-0.4, -0.2) is 54.7 Å². The van der Waals surface area contributed by atoms with E-state index in [4.69, 9.17) is 4.42 Å². The quantitative estimate of drug-likeness (QED) is 0.634. The van der Waals surface area contributed by atoms with Gasteiger partial charge < -0.3 is 9.32 Å². The Morgan fingerprint density at radius 3 is 2.52 bits per heavy atom. The minimum Gasteiger partial charge on any atom is -0.459 e. The van der Waals surface area contributed by atoms with Gasteiger partial charge >= 0.3 is 0 Å². The molecule has 1 saturated heterocycles. The smallest absolute Gasteiger partial charge is 0.289 e. The third-order valence-electron chi connectivity index (χ3n) is 4.98. The number of furan rings is 1. The summed E-state index contributed by atoms with van der Waals surface area (Å²) < 4.78 is 33.2. The van der Waals surface area contributed by atoms with Crippen molar-refractivity contribution in [2.45, 2.75) is 18.7 Å². The molecule has 0 aliphatic carbocycles. The molecule has 1 aliphatic heterocycles. The molecule has 1 amide bonds. The molecule has 2 aromatic heterocycles. The number of aromatic nitrogens is 1. The number of amides is 1. The number of hydrogen-bond donors (Lipinski definition) is 0. The standard InChI is InChI=1S/C20H21N3O4S2/c1-14-5-6-16(17-13-28-15(2)21-17)12-19(14)29(25,26)23-9-7-22(8-10-23)20(24)18-4-3-11-27-18/h3-6,11-13H,7-10H2,1-2H3. The number of aryl methyl sites for hydroxylation is 2. The first kappa shape index (κ1) is 19.8. The van der Waals surface area contributed by atoms with E-state index < -0.39 is 10.0 Å². The first-order valence-electron chi connectivity index (χ1n) is 9.22. The van der Waals surface area contributed by atoms with Crippen LogP contribution in [0.4, 0.5) is 0 Å². The van der Waals surface area contributed by atoms with Crippen LogP contribution in [0, 0.1) is 13.8 Å². The van der Waals surface area contributed by atoms with Crippen LogP contribution in [0.25, 0.3) is 11.3 Å². The maximum Gasteiger partial charge on any atom is 0.289 e. The van der Waals surface area contributed by atoms with Gasteiger partial charge in [-0.2, -0.15) is 4.31 Å². The lowest BCUT2D eigenvalue weighted by Gasteiger charge is -2.33. The van der Waals surface area contributed by atoms with Gasteiger partial charge in [0.05, 0.1) is 21.9 Å². The van der Waals surface area contributed by atoms with E-state index in [1.807, 2.05) is 24.4 Å². The molecule has 7 nitrogen and oxygen atoms in total. The molecule has 1 fully saturated rings. The lowest BCUT2D eigenvalue weighted by molar-refractivity contribution is 0.0666. The van der Waals surface area contributed by atoms with Crippen LogP contribution in [0.15, 0.2) is 51.3 Å². The summed E-state index contributed by atoms with van der Waals surface area (Å²) in [6, 6.07) is 8.67. The zero-order valence-corrected chi connectivity index (χ0v) is 17.8. The summed E-state index contributed by atoms with van der Waals surface area (Å²) >= 11 is 1.53. The van der Waals surface area contributed by atoms with Crippen LogP contribution in [0.2, 0.25) is 0 Å². The molecule has 0 radical (unpaired) electrons. The van der Waals surface area contributed by atoms with Crippen molar-refractivity contribution >= 4 is 27.3 Å². The number of nitrogens with zero attached hydrogens (tertiary/aromatic N) is 3. The van der Waals surface area contributed by atoms with E-state index in [0.717, 1.165) is 16.3 Å². The van der Waals surface area contributed by atoms with Gasteiger partial charge in [0.15, 0.2) is 5.76 Å². The van der Waals surface area contributed by atoms with E-state index in [2.05, 4.69) is 4.98 Å². The predicted octanol–water partition coefficient (Wildman–Crippen LogP) is 3.17. The molecule has 29 heavy (non-hydrogen) atoms. The van der Waals surface area contributed by atoms with Crippen molar-refractivity contribution in [1.82, 2.24) is 14.2 Å². The van der Waals surface area contributed by atoms with E-state index in [0.29, 0.717) is 18.7 Å². The minimum atomic E-state index is -3.67. The summed E-state index contributed by atoms with van der Waals surface area (Å²) in [6.07, 6.45) is 1.45. The van der Waals surface area contributed by atoms with Crippen molar-refractivity contribution in [1.29, 1.82) is 0 Å². The maximum atomic E-state index is 13.3. The Labute approximate surface area is 173 Å². The molecule has 0 unspecified atom stereocenters. The largest absolute Gasteiger partial charge is 0.459 e. The third-order valence-corrected chi connectivity index (χ3v) is 7.79. The normalized spacial score (nSPS) is 15.6. The van der Waals surface area contributed by atoms with Gasteiger partial charge in [-0.1, -0.05) is 12.1 Å². The minimum absolute atomic E-state index is 0.218. The SMILES string of the molecule is Cc1nc(-c2ccc(C)c(S(=O)(=O)N3CCN(C(=O)c4ccco4)CC3)c2)cs1. The van der Waals surface area contributed by atoms with Crippen molar-refractivity contribution < 1.29 is 17.6 Å². The van der Waals surface area contributed by atoms with Crippen molar-refractivity contribution in [2.24, 2.45) is 0 Å². The van der Waals surface area contributed by atoms with Crippen LogP contribution >= 0.6 is 11.3 Å².